The lowest BCUT2D eigenvalue weighted by atomic mass is 9.99. The van der Waals surface area contributed by atoms with E-state index in [0.29, 0.717) is 0 Å². The van der Waals surface area contributed by atoms with Gasteiger partial charge in [0.1, 0.15) is 0 Å². The molecule has 0 fully saturated rings. The van der Waals surface area contributed by atoms with Gasteiger partial charge in [0.05, 0.1) is 5.56 Å². The fraction of sp³-hybridized carbons (Fsp3) is 0.143. The third-order valence-electron chi connectivity index (χ3n) is 3.04. The lowest BCUT2D eigenvalue weighted by Crippen LogP contribution is -3.07. The highest BCUT2D eigenvalue weighted by atomic mass is 16.9. The van der Waals surface area contributed by atoms with E-state index in [1.165, 1.54) is 0 Å². The molecule has 0 radical (unpaired) electrons. The summed E-state index contributed by atoms with van der Waals surface area (Å²) in [5, 5.41) is 9.91. The molecule has 0 amide bonds. The van der Waals surface area contributed by atoms with Crippen LogP contribution < -0.4 is 10.1 Å². The number of fused-ring (bicyclic) bond motifs is 3. The van der Waals surface area contributed by atoms with Gasteiger partial charge in [0.15, 0.2) is 0 Å². The summed E-state index contributed by atoms with van der Waals surface area (Å²) in [6, 6.07) is 12.0. The minimum Gasteiger partial charge on any atom is -0.276 e. The van der Waals surface area contributed by atoms with Gasteiger partial charge in [0, 0.05) is 16.9 Å². The average Bonchev–Trinajstić information content (AvgIpc) is 2.29. The van der Waals surface area contributed by atoms with E-state index >= 15 is 0 Å². The summed E-state index contributed by atoms with van der Waals surface area (Å²) in [7, 11) is 0. The summed E-state index contributed by atoms with van der Waals surface area (Å²) < 4.78 is 0. The quantitative estimate of drug-likeness (QED) is 0.724. The molecule has 1 aliphatic heterocycles. The maximum atomic E-state index is 9.92. The van der Waals surface area contributed by atoms with Gasteiger partial charge in [-0.25, -0.2) is 0 Å². The summed E-state index contributed by atoms with van der Waals surface area (Å²) in [6.07, 6.45) is 0. The highest BCUT2D eigenvalue weighted by Crippen LogP contribution is 2.36. The van der Waals surface area contributed by atoms with Crippen molar-refractivity contribution in [2.75, 3.05) is 0 Å². The van der Waals surface area contributed by atoms with Crippen molar-refractivity contribution < 1.29 is 15.3 Å². The molecule has 0 spiro atoms. The molecule has 1 heterocycles. The first-order chi connectivity index (χ1) is 8.15. The summed E-state index contributed by atoms with van der Waals surface area (Å²) in [4.78, 5) is 5.47. The van der Waals surface area contributed by atoms with Crippen LogP contribution in [0.5, 0.6) is 5.75 Å². The number of benzene rings is 2. The summed E-state index contributed by atoms with van der Waals surface area (Å²) in [5.74, 6) is 0.721. The molecular formula is C14H14NO2+. The van der Waals surface area contributed by atoms with Crippen LogP contribution in [0.2, 0.25) is 0 Å². The Labute approximate surface area is 99.8 Å². The molecule has 0 bridgehead atoms. The van der Waals surface area contributed by atoms with Gasteiger partial charge < -0.3 is 0 Å². The second kappa shape index (κ2) is 3.58. The van der Waals surface area contributed by atoms with E-state index in [-0.39, 0.29) is 5.23 Å². The first-order valence-corrected chi connectivity index (χ1v) is 5.61. The highest BCUT2D eigenvalue weighted by Gasteiger charge is 2.27. The van der Waals surface area contributed by atoms with Crippen LogP contribution in [0.3, 0.4) is 0 Å². The Morgan fingerprint density at radius 3 is 2.35 bits per heavy atom. The number of aryl methyl sites for hydroxylation is 2. The van der Waals surface area contributed by atoms with Crippen molar-refractivity contribution in [3.63, 3.8) is 0 Å². The molecule has 1 unspecified atom stereocenters. The second-order valence-electron chi connectivity index (χ2n) is 4.46. The Morgan fingerprint density at radius 1 is 0.941 bits per heavy atom. The van der Waals surface area contributed by atoms with Gasteiger partial charge in [0.2, 0.25) is 11.4 Å². The molecule has 0 aromatic heterocycles. The van der Waals surface area contributed by atoms with Crippen molar-refractivity contribution in [3.8, 4) is 16.9 Å². The predicted octanol–water partition coefficient (Wildman–Crippen LogP) is 2.18. The Morgan fingerprint density at radius 2 is 1.59 bits per heavy atom. The van der Waals surface area contributed by atoms with E-state index in [1.807, 2.05) is 50.2 Å². The van der Waals surface area contributed by atoms with Crippen LogP contribution in [0, 0.1) is 13.8 Å². The zero-order valence-electron chi connectivity index (χ0n) is 9.82. The Balaban J connectivity index is 2.26. The number of rotatable bonds is 0. The van der Waals surface area contributed by atoms with Crippen LogP contribution in [0.4, 0.5) is 5.69 Å². The molecule has 0 saturated heterocycles. The molecule has 2 aromatic rings. The first kappa shape index (κ1) is 10.3. The van der Waals surface area contributed by atoms with E-state index in [9.17, 15) is 5.21 Å². The Bertz CT molecular complexity index is 593. The summed E-state index contributed by atoms with van der Waals surface area (Å²) in [5.41, 5.74) is 5.04. The largest absolute Gasteiger partial charge is 0.276 e. The standard InChI is InChI=1S/C14H13NO2/c1-9-3-5-11-12-6-4-10(2)8-14(12)17-15(16)13(11)7-9/h3-8,16H,1-2H3/p+1. The smallest absolute Gasteiger partial charge is 0.215 e. The number of nitrogens with one attached hydrogen (secondary N) is 1. The van der Waals surface area contributed by atoms with E-state index in [0.717, 1.165) is 33.7 Å². The molecular weight excluding hydrogens is 214 g/mol. The van der Waals surface area contributed by atoms with Gasteiger partial charge >= 0.3 is 0 Å². The minimum atomic E-state index is -0.0122. The molecule has 2 aromatic carbocycles. The zero-order chi connectivity index (χ0) is 12.0. The van der Waals surface area contributed by atoms with Gasteiger partial charge in [-0.1, -0.05) is 12.1 Å². The van der Waals surface area contributed by atoms with Crippen LogP contribution in [-0.4, -0.2) is 5.21 Å². The summed E-state index contributed by atoms with van der Waals surface area (Å²) in [6.45, 7) is 4.00. The summed E-state index contributed by atoms with van der Waals surface area (Å²) >= 11 is 0. The average molecular weight is 228 g/mol. The number of quaternary nitrogens is 1. The predicted molar refractivity (Wildman–Crippen MR) is 64.4 cm³/mol. The van der Waals surface area contributed by atoms with Crippen molar-refractivity contribution in [1.82, 2.24) is 0 Å². The van der Waals surface area contributed by atoms with Gasteiger partial charge in [-0.15, -0.1) is 0 Å². The SMILES string of the molecule is Cc1ccc2c(c1)O[NH+](O)c1cc(C)ccc1-2. The normalized spacial score (nSPS) is 17.0. The van der Waals surface area contributed by atoms with Gasteiger partial charge in [-0.3, -0.25) is 4.84 Å². The number of hydrogen-bond acceptors (Lipinski definition) is 2. The molecule has 3 heteroatoms. The van der Waals surface area contributed by atoms with Crippen molar-refractivity contribution in [3.05, 3.63) is 47.5 Å². The minimum absolute atomic E-state index is 0.0122. The monoisotopic (exact) mass is 228 g/mol. The zero-order valence-corrected chi connectivity index (χ0v) is 9.82. The van der Waals surface area contributed by atoms with Crippen molar-refractivity contribution in [2.45, 2.75) is 13.8 Å². The van der Waals surface area contributed by atoms with Crippen LogP contribution in [0.15, 0.2) is 36.4 Å². The van der Waals surface area contributed by atoms with E-state index < -0.39 is 0 Å². The third kappa shape index (κ3) is 1.60. The molecule has 3 rings (SSSR count). The van der Waals surface area contributed by atoms with E-state index in [1.54, 1.807) is 0 Å². The second-order valence-corrected chi connectivity index (χ2v) is 4.46. The molecule has 86 valence electrons. The maximum Gasteiger partial charge on any atom is 0.215 e. The lowest BCUT2D eigenvalue weighted by Gasteiger charge is -2.21. The topological polar surface area (TPSA) is 33.9 Å². The third-order valence-corrected chi connectivity index (χ3v) is 3.04. The molecule has 0 aliphatic carbocycles. The molecule has 0 saturated carbocycles. The highest BCUT2D eigenvalue weighted by molar-refractivity contribution is 5.79. The molecule has 2 N–H and O–H groups in total. The molecule has 1 aliphatic rings. The molecule has 17 heavy (non-hydrogen) atoms. The van der Waals surface area contributed by atoms with Crippen LogP contribution in [0.25, 0.3) is 11.1 Å². The van der Waals surface area contributed by atoms with Gasteiger partial charge in [0.25, 0.3) is 0 Å². The maximum absolute atomic E-state index is 9.92. The van der Waals surface area contributed by atoms with Crippen LogP contribution in [0.1, 0.15) is 11.1 Å². The fourth-order valence-electron chi connectivity index (χ4n) is 2.17. The Hall–Kier alpha value is -1.84. The van der Waals surface area contributed by atoms with Crippen LogP contribution >= 0.6 is 0 Å². The Kier molecular flexibility index (Phi) is 2.18. The van der Waals surface area contributed by atoms with Crippen molar-refractivity contribution in [2.24, 2.45) is 0 Å². The van der Waals surface area contributed by atoms with Crippen molar-refractivity contribution in [1.29, 1.82) is 0 Å². The van der Waals surface area contributed by atoms with Gasteiger partial charge in [-0.05, 0) is 43.2 Å². The number of hydrogen-bond donors (Lipinski definition) is 2. The van der Waals surface area contributed by atoms with Crippen molar-refractivity contribution >= 4 is 5.69 Å². The van der Waals surface area contributed by atoms with Gasteiger partial charge in [-0.2, -0.15) is 5.21 Å². The molecule has 1 atom stereocenters. The first-order valence-electron chi connectivity index (χ1n) is 5.61. The molecule has 3 nitrogen and oxygen atoms in total. The lowest BCUT2D eigenvalue weighted by molar-refractivity contribution is -1.17. The van der Waals surface area contributed by atoms with Crippen LogP contribution in [-0.2, 0) is 0 Å². The fourth-order valence-corrected chi connectivity index (χ4v) is 2.17. The van der Waals surface area contributed by atoms with E-state index in [4.69, 9.17) is 4.84 Å². The van der Waals surface area contributed by atoms with E-state index in [2.05, 4.69) is 0 Å².